The fourth-order valence-corrected chi connectivity index (χ4v) is 4.28. The highest BCUT2D eigenvalue weighted by atomic mass is 16.5. The molecule has 1 aromatic heterocycles. The Bertz CT molecular complexity index is 972. The lowest BCUT2D eigenvalue weighted by Crippen LogP contribution is -2.44. The normalized spacial score (nSPS) is 19.2. The van der Waals surface area contributed by atoms with E-state index in [-0.39, 0.29) is 11.9 Å². The number of rotatable bonds is 6. The summed E-state index contributed by atoms with van der Waals surface area (Å²) >= 11 is 0. The first kappa shape index (κ1) is 22.2. The van der Waals surface area contributed by atoms with Crippen LogP contribution in [0.25, 0.3) is 11.1 Å². The molecule has 0 saturated carbocycles. The van der Waals surface area contributed by atoms with Crippen molar-refractivity contribution in [3.8, 4) is 11.1 Å². The number of ether oxygens (including phenoxy) is 1. The number of carbonyl (C=O) groups excluding carboxylic acids is 2. The Morgan fingerprint density at radius 2 is 1.88 bits per heavy atom. The molecule has 2 aliphatic rings. The number of nitrogens with two attached hydrogens (primary N) is 1. The van der Waals surface area contributed by atoms with E-state index in [2.05, 4.69) is 9.88 Å². The van der Waals surface area contributed by atoms with E-state index in [1.54, 1.807) is 18.3 Å². The number of hydrogen-bond donors (Lipinski definition) is 1. The van der Waals surface area contributed by atoms with Gasteiger partial charge in [-0.05, 0) is 30.5 Å². The maximum atomic E-state index is 13.2. The maximum Gasteiger partial charge on any atom is 0.248 e. The highest BCUT2D eigenvalue weighted by Gasteiger charge is 2.34. The molecule has 2 aliphatic heterocycles. The molecule has 0 radical (unpaired) electrons. The summed E-state index contributed by atoms with van der Waals surface area (Å²) in [6, 6.07) is 7.00. The summed E-state index contributed by atoms with van der Waals surface area (Å²) in [5, 5.41) is 0. The summed E-state index contributed by atoms with van der Waals surface area (Å²) in [6.45, 7) is 4.00. The van der Waals surface area contributed by atoms with E-state index in [0.29, 0.717) is 31.3 Å². The molecule has 32 heavy (non-hydrogen) atoms. The molecule has 0 spiro atoms. The van der Waals surface area contributed by atoms with Gasteiger partial charge >= 0.3 is 0 Å². The minimum absolute atomic E-state index is 0.115. The zero-order valence-electron chi connectivity index (χ0n) is 18.7. The molecule has 9 heteroatoms. The van der Waals surface area contributed by atoms with Gasteiger partial charge in [-0.3, -0.25) is 14.5 Å². The number of morpholine rings is 1. The van der Waals surface area contributed by atoms with Crippen LogP contribution in [0.5, 0.6) is 0 Å². The van der Waals surface area contributed by atoms with E-state index in [1.807, 2.05) is 36.0 Å². The van der Waals surface area contributed by atoms with Gasteiger partial charge in [0.25, 0.3) is 0 Å². The van der Waals surface area contributed by atoms with Crippen molar-refractivity contribution in [1.82, 2.24) is 19.8 Å². The summed E-state index contributed by atoms with van der Waals surface area (Å²) in [6.07, 6.45) is 3.59. The quantitative estimate of drug-likeness (QED) is 0.725. The molecule has 0 aliphatic carbocycles. The average Bonchev–Trinajstić information content (AvgIpc) is 3.29. The lowest BCUT2D eigenvalue weighted by Gasteiger charge is -2.31. The van der Waals surface area contributed by atoms with Crippen molar-refractivity contribution >= 4 is 17.8 Å². The highest BCUT2D eigenvalue weighted by molar-refractivity contribution is 5.93. The van der Waals surface area contributed by atoms with E-state index in [1.165, 1.54) is 0 Å². The zero-order chi connectivity index (χ0) is 22.7. The summed E-state index contributed by atoms with van der Waals surface area (Å²) in [4.78, 5) is 40.0. The molecule has 2 fully saturated rings. The van der Waals surface area contributed by atoms with Crippen molar-refractivity contribution in [2.75, 3.05) is 58.4 Å². The van der Waals surface area contributed by atoms with Gasteiger partial charge < -0.3 is 20.3 Å². The molecule has 4 rings (SSSR count). The molecule has 2 aromatic rings. The van der Waals surface area contributed by atoms with Crippen molar-refractivity contribution in [2.24, 2.45) is 5.73 Å². The molecular weight excluding hydrogens is 408 g/mol. The van der Waals surface area contributed by atoms with Gasteiger partial charge in [-0.1, -0.05) is 12.1 Å². The molecule has 2 N–H and O–H groups in total. The third-order valence-corrected chi connectivity index (χ3v) is 6.04. The van der Waals surface area contributed by atoms with Crippen molar-refractivity contribution < 1.29 is 14.3 Å². The van der Waals surface area contributed by atoms with Crippen LogP contribution >= 0.6 is 0 Å². The largest absolute Gasteiger partial charge is 0.379 e. The van der Waals surface area contributed by atoms with Gasteiger partial charge in [-0.2, -0.15) is 0 Å². The molecule has 170 valence electrons. The van der Waals surface area contributed by atoms with Crippen molar-refractivity contribution in [2.45, 2.75) is 18.9 Å². The summed E-state index contributed by atoms with van der Waals surface area (Å²) in [5.74, 6) is 0.256. The molecular formula is C23H30N6O3. The fourth-order valence-electron chi connectivity index (χ4n) is 4.28. The van der Waals surface area contributed by atoms with Crippen LogP contribution in [0.4, 0.5) is 5.95 Å². The molecule has 1 atom stereocenters. The Hall–Kier alpha value is -3.04. The first-order valence-electron chi connectivity index (χ1n) is 11.0. The second-order valence-electron chi connectivity index (χ2n) is 8.44. The Kier molecular flexibility index (Phi) is 6.66. The third kappa shape index (κ3) is 4.73. The van der Waals surface area contributed by atoms with Crippen LogP contribution < -0.4 is 10.6 Å². The number of hydrogen-bond acceptors (Lipinski definition) is 7. The van der Waals surface area contributed by atoms with Crippen LogP contribution in [0.15, 0.2) is 30.5 Å². The Balaban J connectivity index is 1.65. The number of carbonyl (C=O) groups is 2. The van der Waals surface area contributed by atoms with E-state index >= 15 is 0 Å². The summed E-state index contributed by atoms with van der Waals surface area (Å²) in [7, 11) is 3.80. The van der Waals surface area contributed by atoms with Crippen molar-refractivity contribution in [1.29, 1.82) is 0 Å². The fraction of sp³-hybridized carbons (Fsp3) is 0.478. The number of likely N-dealkylation sites (tertiary alicyclic amines) is 1. The molecule has 3 heterocycles. The monoisotopic (exact) mass is 438 g/mol. The Labute approximate surface area is 188 Å². The van der Waals surface area contributed by atoms with Crippen LogP contribution in [0.2, 0.25) is 0 Å². The number of primary amides is 1. The van der Waals surface area contributed by atoms with Crippen molar-refractivity contribution in [3.05, 3.63) is 41.7 Å². The minimum Gasteiger partial charge on any atom is -0.379 e. The summed E-state index contributed by atoms with van der Waals surface area (Å²) < 4.78 is 5.40. The van der Waals surface area contributed by atoms with Crippen LogP contribution in [0.3, 0.4) is 0 Å². The Morgan fingerprint density at radius 3 is 2.53 bits per heavy atom. The number of anilines is 1. The van der Waals surface area contributed by atoms with E-state index in [9.17, 15) is 9.59 Å². The standard InChI is InChI=1S/C23H30N6O3/c1-27(2)23-25-14-18(16-5-7-17(8-6-16)22(24)31)21(26-23)19-4-3-9-29(19)20(30)15-28-10-12-32-13-11-28/h5-8,14,19H,3-4,9-13,15H2,1-2H3,(H2,24,31)/t19-/m1/s1. The van der Waals surface area contributed by atoms with Gasteiger partial charge in [0.2, 0.25) is 17.8 Å². The molecule has 9 nitrogen and oxygen atoms in total. The minimum atomic E-state index is -0.466. The second-order valence-corrected chi connectivity index (χ2v) is 8.44. The molecule has 1 aromatic carbocycles. The van der Waals surface area contributed by atoms with Gasteiger partial charge in [-0.15, -0.1) is 0 Å². The van der Waals surface area contributed by atoms with Crippen LogP contribution in [0.1, 0.15) is 34.9 Å². The maximum absolute atomic E-state index is 13.2. The van der Waals surface area contributed by atoms with Crippen molar-refractivity contribution in [3.63, 3.8) is 0 Å². The third-order valence-electron chi connectivity index (χ3n) is 6.04. The van der Waals surface area contributed by atoms with E-state index in [4.69, 9.17) is 15.5 Å². The number of aromatic nitrogens is 2. The number of benzene rings is 1. The van der Waals surface area contributed by atoms with Crippen LogP contribution in [-0.2, 0) is 9.53 Å². The van der Waals surface area contributed by atoms with E-state index < -0.39 is 5.91 Å². The first-order valence-corrected chi connectivity index (χ1v) is 11.0. The molecule has 2 amide bonds. The van der Waals surface area contributed by atoms with Gasteiger partial charge in [0.1, 0.15) is 0 Å². The second kappa shape index (κ2) is 9.62. The lowest BCUT2D eigenvalue weighted by molar-refractivity contribution is -0.134. The van der Waals surface area contributed by atoms with Gasteiger partial charge in [0.15, 0.2) is 0 Å². The first-order chi connectivity index (χ1) is 15.4. The predicted molar refractivity (Wildman–Crippen MR) is 121 cm³/mol. The lowest BCUT2D eigenvalue weighted by atomic mass is 9.98. The summed E-state index contributed by atoms with van der Waals surface area (Å²) in [5.41, 5.74) is 8.43. The molecule has 0 bridgehead atoms. The highest BCUT2D eigenvalue weighted by Crippen LogP contribution is 2.37. The van der Waals surface area contributed by atoms with E-state index in [0.717, 1.165) is 49.3 Å². The van der Waals surface area contributed by atoms with Crippen LogP contribution in [0, 0.1) is 0 Å². The van der Waals surface area contributed by atoms with Crippen LogP contribution in [-0.4, -0.2) is 85.1 Å². The number of nitrogens with zero attached hydrogens (tertiary/aromatic N) is 5. The Morgan fingerprint density at radius 1 is 1.16 bits per heavy atom. The molecule has 2 saturated heterocycles. The number of amides is 2. The van der Waals surface area contributed by atoms with Gasteiger partial charge in [0, 0.05) is 51.1 Å². The average molecular weight is 439 g/mol. The topological polar surface area (TPSA) is 105 Å². The zero-order valence-corrected chi connectivity index (χ0v) is 18.7. The molecule has 0 unspecified atom stereocenters. The SMILES string of the molecule is CN(C)c1ncc(-c2ccc(C(N)=O)cc2)c([C@H]2CCCN2C(=O)CN2CCOCC2)n1. The predicted octanol–water partition coefficient (Wildman–Crippen LogP) is 1.30. The van der Waals surface area contributed by atoms with Gasteiger partial charge in [-0.25, -0.2) is 9.97 Å². The smallest absolute Gasteiger partial charge is 0.248 e. The van der Waals surface area contributed by atoms with Gasteiger partial charge in [0.05, 0.1) is 31.5 Å².